The summed E-state index contributed by atoms with van der Waals surface area (Å²) in [6, 6.07) is 22.1. The normalized spacial score (nSPS) is 26.9. The van der Waals surface area contributed by atoms with Crippen molar-refractivity contribution in [2.75, 3.05) is 6.54 Å². The second-order valence-corrected chi connectivity index (χ2v) is 9.05. The van der Waals surface area contributed by atoms with Gasteiger partial charge in [0, 0.05) is 0 Å². The number of carbonyl (C=O) groups excluding carboxylic acids is 1. The monoisotopic (exact) mass is 385 g/mol. The van der Waals surface area contributed by atoms with E-state index in [2.05, 4.69) is 47.4 Å². The van der Waals surface area contributed by atoms with Crippen molar-refractivity contribution >= 4 is 24.1 Å². The molecular formula is C21H23NOSe. The summed E-state index contributed by atoms with van der Waals surface area (Å²) in [5.41, 5.74) is 1.42. The third-order valence-corrected chi connectivity index (χ3v) is 7.53. The molecule has 3 heteroatoms. The molecule has 0 aliphatic carbocycles. The fraction of sp³-hybridized carbons (Fsp3) is 0.381. The molecule has 2 fully saturated rings. The van der Waals surface area contributed by atoms with E-state index in [1.807, 2.05) is 18.2 Å². The Bertz CT molecular complexity index is 687. The van der Waals surface area contributed by atoms with Crippen LogP contribution in [0.25, 0.3) is 0 Å². The Morgan fingerprint density at radius 2 is 1.62 bits per heavy atom. The first-order chi connectivity index (χ1) is 11.8. The van der Waals surface area contributed by atoms with Gasteiger partial charge in [0.25, 0.3) is 0 Å². The molecule has 0 aromatic heterocycles. The molecule has 0 radical (unpaired) electrons. The second-order valence-electron chi connectivity index (χ2n) is 6.79. The zero-order valence-corrected chi connectivity index (χ0v) is 15.5. The van der Waals surface area contributed by atoms with Crippen LogP contribution in [0.3, 0.4) is 0 Å². The third-order valence-electron chi connectivity index (χ3n) is 5.41. The van der Waals surface area contributed by atoms with Crippen LogP contribution in [0, 0.1) is 5.92 Å². The van der Waals surface area contributed by atoms with Gasteiger partial charge in [-0.15, -0.1) is 0 Å². The Morgan fingerprint density at radius 1 is 0.917 bits per heavy atom. The van der Waals surface area contributed by atoms with E-state index in [4.69, 9.17) is 0 Å². The number of benzene rings is 2. The molecule has 0 saturated carbocycles. The first kappa shape index (κ1) is 16.1. The van der Waals surface area contributed by atoms with E-state index >= 15 is 0 Å². The average molecular weight is 384 g/mol. The number of hydrogen-bond donors (Lipinski definition) is 0. The predicted octanol–water partition coefficient (Wildman–Crippen LogP) is 3.16. The number of piperidine rings is 1. The van der Waals surface area contributed by atoms with E-state index < -0.39 is 0 Å². The van der Waals surface area contributed by atoms with Crippen LogP contribution in [0.1, 0.15) is 37.3 Å². The van der Waals surface area contributed by atoms with Crippen molar-refractivity contribution in [3.05, 3.63) is 66.2 Å². The van der Waals surface area contributed by atoms with Gasteiger partial charge in [0.2, 0.25) is 0 Å². The summed E-state index contributed by atoms with van der Waals surface area (Å²) in [4.78, 5) is 15.6. The fourth-order valence-electron chi connectivity index (χ4n) is 4.32. The van der Waals surface area contributed by atoms with Crippen molar-refractivity contribution in [3.8, 4) is 0 Å². The Morgan fingerprint density at radius 3 is 2.38 bits per heavy atom. The molecule has 2 nitrogen and oxygen atoms in total. The molecule has 2 aromatic rings. The molecule has 24 heavy (non-hydrogen) atoms. The standard InChI is InChI=1S/C21H23NOSe/c23-21(24-17-10-5-2-6-11-17)18-13-14-19(16-8-3-1-4-9-16)22-15-7-12-20(18)22/h1-6,8-11,18-20H,7,12-15H2/t18-,19-,20-/m0/s1. The molecule has 0 spiro atoms. The Balaban J connectivity index is 1.50. The summed E-state index contributed by atoms with van der Waals surface area (Å²) in [7, 11) is 0. The molecule has 2 heterocycles. The van der Waals surface area contributed by atoms with Crippen LogP contribution in [0.4, 0.5) is 0 Å². The van der Waals surface area contributed by atoms with E-state index in [1.165, 1.54) is 22.9 Å². The molecule has 3 atom stereocenters. The summed E-state index contributed by atoms with van der Waals surface area (Å²) >= 11 is -0.0419. The van der Waals surface area contributed by atoms with Crippen molar-refractivity contribution < 1.29 is 4.79 Å². The molecule has 124 valence electrons. The van der Waals surface area contributed by atoms with Crippen molar-refractivity contribution in [1.82, 2.24) is 4.90 Å². The summed E-state index contributed by atoms with van der Waals surface area (Å²) in [5.74, 6) is 0.243. The van der Waals surface area contributed by atoms with Crippen molar-refractivity contribution in [2.24, 2.45) is 5.92 Å². The van der Waals surface area contributed by atoms with Crippen LogP contribution in [-0.4, -0.2) is 37.1 Å². The van der Waals surface area contributed by atoms with Gasteiger partial charge in [0.1, 0.15) is 0 Å². The second kappa shape index (κ2) is 7.23. The molecule has 0 N–H and O–H groups in total. The summed E-state index contributed by atoms with van der Waals surface area (Å²) in [5, 5.41) is 0. The van der Waals surface area contributed by atoms with Gasteiger partial charge >= 0.3 is 150 Å². The molecule has 2 aliphatic rings. The predicted molar refractivity (Wildman–Crippen MR) is 98.5 cm³/mol. The van der Waals surface area contributed by atoms with Gasteiger partial charge in [-0.05, 0) is 0 Å². The van der Waals surface area contributed by atoms with E-state index in [0.29, 0.717) is 16.8 Å². The SMILES string of the molecule is O=C([Se]c1ccccc1)[C@H]1CC[C@@H](c2ccccc2)N2CCC[C@@H]12. The molecule has 0 unspecified atom stereocenters. The van der Waals surface area contributed by atoms with Crippen LogP contribution in [0.5, 0.6) is 0 Å². The van der Waals surface area contributed by atoms with Crippen LogP contribution < -0.4 is 4.46 Å². The number of carbonyl (C=O) groups is 1. The van der Waals surface area contributed by atoms with E-state index in [0.717, 1.165) is 19.4 Å². The maximum absolute atomic E-state index is 13.0. The first-order valence-corrected chi connectivity index (χ1v) is 10.6. The van der Waals surface area contributed by atoms with E-state index in [-0.39, 0.29) is 20.9 Å². The summed E-state index contributed by atoms with van der Waals surface area (Å²) in [6.45, 7) is 1.15. The third kappa shape index (κ3) is 3.21. The summed E-state index contributed by atoms with van der Waals surface area (Å²) < 4.78 is 1.71. The minimum absolute atomic E-state index is 0.0419. The molecule has 0 amide bonds. The van der Waals surface area contributed by atoms with E-state index in [9.17, 15) is 4.79 Å². The minimum atomic E-state index is -0.0419. The number of nitrogens with zero attached hydrogens (tertiary/aromatic N) is 1. The van der Waals surface area contributed by atoms with Gasteiger partial charge in [-0.1, -0.05) is 0 Å². The first-order valence-electron chi connectivity index (χ1n) is 8.90. The van der Waals surface area contributed by atoms with Gasteiger partial charge in [0.05, 0.1) is 0 Å². The van der Waals surface area contributed by atoms with E-state index in [1.54, 1.807) is 0 Å². The van der Waals surface area contributed by atoms with Crippen molar-refractivity contribution in [3.63, 3.8) is 0 Å². The van der Waals surface area contributed by atoms with Gasteiger partial charge in [0.15, 0.2) is 0 Å². The van der Waals surface area contributed by atoms with Gasteiger partial charge in [-0.3, -0.25) is 0 Å². The average Bonchev–Trinajstić information content (AvgIpc) is 3.12. The van der Waals surface area contributed by atoms with Gasteiger partial charge in [-0.25, -0.2) is 0 Å². The number of fused-ring (bicyclic) bond motifs is 1. The van der Waals surface area contributed by atoms with Crippen LogP contribution in [0.2, 0.25) is 0 Å². The zero-order valence-electron chi connectivity index (χ0n) is 13.8. The fourth-order valence-corrected chi connectivity index (χ4v) is 6.32. The van der Waals surface area contributed by atoms with Crippen molar-refractivity contribution in [2.45, 2.75) is 37.8 Å². The maximum atomic E-state index is 13.0. The topological polar surface area (TPSA) is 20.3 Å². The Hall–Kier alpha value is -1.41. The van der Waals surface area contributed by atoms with Crippen LogP contribution in [-0.2, 0) is 4.79 Å². The van der Waals surface area contributed by atoms with Crippen molar-refractivity contribution in [1.29, 1.82) is 0 Å². The molecular weight excluding hydrogens is 361 g/mol. The van der Waals surface area contributed by atoms with Gasteiger partial charge < -0.3 is 0 Å². The molecule has 0 bridgehead atoms. The molecule has 2 saturated heterocycles. The quantitative estimate of drug-likeness (QED) is 0.755. The number of hydrogen-bond acceptors (Lipinski definition) is 2. The molecule has 4 rings (SSSR count). The molecule has 2 aromatic carbocycles. The zero-order chi connectivity index (χ0) is 16.4. The Labute approximate surface area is 150 Å². The Kier molecular flexibility index (Phi) is 4.84. The molecule has 2 aliphatic heterocycles. The summed E-state index contributed by atoms with van der Waals surface area (Å²) in [6.07, 6.45) is 4.58. The number of rotatable bonds is 4. The van der Waals surface area contributed by atoms with Crippen LogP contribution >= 0.6 is 0 Å². The van der Waals surface area contributed by atoms with Gasteiger partial charge in [-0.2, -0.15) is 0 Å². The van der Waals surface area contributed by atoms with Crippen LogP contribution in [0.15, 0.2) is 60.7 Å².